The number of carbonyl (C=O) groups is 1. The highest BCUT2D eigenvalue weighted by molar-refractivity contribution is 7.92. The number of aromatic nitrogens is 4. The second-order valence-electron chi connectivity index (χ2n) is 13.5. The first-order valence-corrected chi connectivity index (χ1v) is 18.2. The Morgan fingerprint density at radius 1 is 1.00 bits per heavy atom. The monoisotopic (exact) mass is 669 g/mol. The number of hydrogen-bond donors (Lipinski definition) is 2. The fourth-order valence-electron chi connectivity index (χ4n) is 7.65. The number of methoxy groups -OCH3 is 2. The molecule has 8 rings (SSSR count). The number of benzene rings is 2. The number of ether oxygens (including phenoxy) is 2. The molecule has 3 atom stereocenters. The van der Waals surface area contributed by atoms with Crippen LogP contribution in [-0.4, -0.2) is 77.4 Å². The smallest absolute Gasteiger partial charge is 0.254 e. The number of amides is 1. The average molecular weight is 670 g/mol. The van der Waals surface area contributed by atoms with Crippen LogP contribution in [0, 0.1) is 11.8 Å². The number of anilines is 1. The van der Waals surface area contributed by atoms with Crippen LogP contribution < -0.4 is 19.9 Å². The average Bonchev–Trinajstić information content (AvgIpc) is 3.47. The molecule has 3 aromatic heterocycles. The molecule has 2 bridgehead atoms. The Morgan fingerprint density at radius 3 is 2.46 bits per heavy atom. The number of fused-ring (bicyclic) bond motifs is 4. The Hall–Kier alpha value is -4.62. The molecule has 0 spiro atoms. The van der Waals surface area contributed by atoms with E-state index in [1.54, 1.807) is 26.4 Å². The van der Waals surface area contributed by atoms with Gasteiger partial charge in [0, 0.05) is 54.8 Å². The van der Waals surface area contributed by atoms with Crippen LogP contribution in [0.15, 0.2) is 48.5 Å². The first-order chi connectivity index (χ1) is 23.0. The van der Waals surface area contributed by atoms with Crippen LogP contribution in [0.3, 0.4) is 0 Å². The van der Waals surface area contributed by atoms with Crippen molar-refractivity contribution in [3.05, 3.63) is 54.1 Å². The van der Waals surface area contributed by atoms with Gasteiger partial charge in [-0.2, -0.15) is 0 Å². The van der Waals surface area contributed by atoms with Crippen LogP contribution in [-0.2, 0) is 23.6 Å². The van der Waals surface area contributed by atoms with Crippen molar-refractivity contribution in [3.63, 3.8) is 0 Å². The minimum absolute atomic E-state index is 0.0276. The molecule has 3 aliphatic rings. The lowest BCUT2D eigenvalue weighted by atomic mass is 10.1. The molecule has 48 heavy (non-hydrogen) atoms. The van der Waals surface area contributed by atoms with Crippen LogP contribution >= 0.6 is 0 Å². The lowest BCUT2D eigenvalue weighted by Gasteiger charge is -2.27. The zero-order chi connectivity index (χ0) is 33.5. The molecule has 1 amide bonds. The molecule has 12 nitrogen and oxygen atoms in total. The number of piperidine rings is 1. The van der Waals surface area contributed by atoms with E-state index >= 15 is 0 Å². The molecule has 3 fully saturated rings. The Bertz CT molecular complexity index is 2220. The van der Waals surface area contributed by atoms with Gasteiger partial charge in [-0.05, 0) is 80.0 Å². The normalized spacial score (nSPS) is 20.6. The van der Waals surface area contributed by atoms with Crippen molar-refractivity contribution in [2.75, 3.05) is 31.7 Å². The second kappa shape index (κ2) is 11.2. The van der Waals surface area contributed by atoms with Crippen LogP contribution in [0.25, 0.3) is 44.8 Å². The number of sulfonamides is 1. The van der Waals surface area contributed by atoms with Crippen molar-refractivity contribution >= 4 is 43.7 Å². The van der Waals surface area contributed by atoms with Gasteiger partial charge in [-0.1, -0.05) is 0 Å². The Balaban J connectivity index is 1.22. The molecule has 4 heterocycles. The lowest BCUT2D eigenvalue weighted by molar-refractivity contribution is 0.0700. The summed E-state index contributed by atoms with van der Waals surface area (Å²) >= 11 is 0. The van der Waals surface area contributed by atoms with Gasteiger partial charge in [-0.15, -0.1) is 0 Å². The first-order valence-electron chi connectivity index (χ1n) is 16.3. The van der Waals surface area contributed by atoms with Gasteiger partial charge in [0.05, 0.1) is 43.1 Å². The quantitative estimate of drug-likeness (QED) is 0.231. The highest BCUT2D eigenvalue weighted by Crippen LogP contribution is 2.41. The first kappa shape index (κ1) is 30.7. The van der Waals surface area contributed by atoms with Gasteiger partial charge in [0.25, 0.3) is 5.91 Å². The maximum atomic E-state index is 13.8. The molecular formula is C35H39N7O5S. The standard InChI is InChI=1S/C35H39N7O5S/c1-40-32-26(13-22(15-30(32)47-3)35(43)42-18-21-8-12-27(42)31(21)36)38-34(40)28-14-20-7-11-25(37-33(20)41(28)17-19-5-6-19)24-10-9-23(16-29(24)46-2)39-48(4,44)45/h7,9-11,13-16,19,21,27,31,39H,5-6,8,12,17-18,36H2,1-4H3/t21?,27?,31-/m1/s1. The van der Waals surface area contributed by atoms with Crippen LogP contribution in [0.1, 0.15) is 36.0 Å². The number of nitrogens with one attached hydrogen (secondary N) is 1. The third kappa shape index (κ3) is 5.16. The molecular weight excluding hydrogens is 630 g/mol. The highest BCUT2D eigenvalue weighted by atomic mass is 32.2. The minimum Gasteiger partial charge on any atom is -0.496 e. The molecule has 1 aliphatic heterocycles. The summed E-state index contributed by atoms with van der Waals surface area (Å²) in [7, 11) is 1.71. The molecule has 3 N–H and O–H groups in total. The third-order valence-electron chi connectivity index (χ3n) is 10.2. The van der Waals surface area contributed by atoms with E-state index in [-0.39, 0.29) is 18.0 Å². The molecule has 0 radical (unpaired) electrons. The van der Waals surface area contributed by atoms with Gasteiger partial charge in [-0.25, -0.2) is 18.4 Å². The van der Waals surface area contributed by atoms with Crippen molar-refractivity contribution < 1.29 is 22.7 Å². The van der Waals surface area contributed by atoms with Gasteiger partial charge < -0.3 is 29.2 Å². The third-order valence-corrected chi connectivity index (χ3v) is 10.8. The summed E-state index contributed by atoms with van der Waals surface area (Å²) in [5, 5.41) is 0.971. The summed E-state index contributed by atoms with van der Waals surface area (Å²) in [5.41, 5.74) is 12.1. The van der Waals surface area contributed by atoms with E-state index in [0.29, 0.717) is 52.3 Å². The summed E-state index contributed by atoms with van der Waals surface area (Å²) in [6.07, 6.45) is 5.46. The number of carbonyl (C=O) groups excluding carboxylic acids is 1. The number of aryl methyl sites for hydroxylation is 1. The van der Waals surface area contributed by atoms with E-state index < -0.39 is 10.0 Å². The molecule has 2 unspecified atom stereocenters. The van der Waals surface area contributed by atoms with Crippen molar-refractivity contribution in [2.24, 2.45) is 24.6 Å². The minimum atomic E-state index is -3.44. The number of pyridine rings is 1. The fourth-order valence-corrected chi connectivity index (χ4v) is 8.21. The van der Waals surface area contributed by atoms with Gasteiger partial charge >= 0.3 is 0 Å². The largest absolute Gasteiger partial charge is 0.496 e. The molecule has 2 aromatic carbocycles. The van der Waals surface area contributed by atoms with E-state index in [9.17, 15) is 13.2 Å². The van der Waals surface area contributed by atoms with E-state index in [1.807, 2.05) is 46.8 Å². The number of rotatable bonds is 9. The molecule has 2 aliphatic carbocycles. The van der Waals surface area contributed by atoms with E-state index in [4.69, 9.17) is 25.2 Å². The van der Waals surface area contributed by atoms with Gasteiger partial charge in [0.1, 0.15) is 22.7 Å². The second-order valence-corrected chi connectivity index (χ2v) is 15.2. The molecule has 5 aromatic rings. The maximum Gasteiger partial charge on any atom is 0.254 e. The van der Waals surface area contributed by atoms with Crippen molar-refractivity contribution in [1.82, 2.24) is 24.0 Å². The summed E-state index contributed by atoms with van der Waals surface area (Å²) in [6.45, 7) is 1.49. The van der Waals surface area contributed by atoms with E-state index in [0.717, 1.165) is 72.1 Å². The maximum absolute atomic E-state index is 13.8. The molecule has 2 saturated carbocycles. The number of hydrogen-bond acceptors (Lipinski definition) is 8. The Labute approximate surface area is 278 Å². The lowest BCUT2D eigenvalue weighted by Crippen LogP contribution is -2.41. The van der Waals surface area contributed by atoms with Crippen LogP contribution in [0.5, 0.6) is 11.5 Å². The van der Waals surface area contributed by atoms with Crippen molar-refractivity contribution in [1.29, 1.82) is 0 Å². The SMILES string of the molecule is COc1cc(NS(C)(=O)=O)ccc1-c1ccc2cc(-c3nc4cc(C(=O)N5CC6CCC5[C@@H]6N)cc(OC)c4n3C)n(CC3CC3)c2n1. The Morgan fingerprint density at radius 2 is 1.79 bits per heavy atom. The topological polar surface area (TPSA) is 147 Å². The Kier molecular flexibility index (Phi) is 7.18. The summed E-state index contributed by atoms with van der Waals surface area (Å²) in [6, 6.07) is 15.1. The van der Waals surface area contributed by atoms with E-state index in [2.05, 4.69) is 15.4 Å². The molecule has 13 heteroatoms. The van der Waals surface area contributed by atoms with Gasteiger partial charge in [0.2, 0.25) is 10.0 Å². The van der Waals surface area contributed by atoms with Crippen LogP contribution in [0.4, 0.5) is 5.69 Å². The van der Waals surface area contributed by atoms with Crippen LogP contribution in [0.2, 0.25) is 0 Å². The number of likely N-dealkylation sites (tertiary alicyclic amines) is 1. The molecule has 250 valence electrons. The summed E-state index contributed by atoms with van der Waals surface area (Å²) in [5.74, 6) is 2.75. The fraction of sp³-hybridized carbons (Fsp3) is 0.400. The number of nitrogens with zero attached hydrogens (tertiary/aromatic N) is 5. The summed E-state index contributed by atoms with van der Waals surface area (Å²) < 4.78 is 41.9. The predicted octanol–water partition coefficient (Wildman–Crippen LogP) is 4.62. The van der Waals surface area contributed by atoms with Gasteiger partial charge in [-0.3, -0.25) is 9.52 Å². The van der Waals surface area contributed by atoms with Crippen molar-refractivity contribution in [2.45, 2.75) is 44.3 Å². The number of nitrogens with two attached hydrogens (primary N) is 1. The van der Waals surface area contributed by atoms with Crippen molar-refractivity contribution in [3.8, 4) is 34.3 Å². The zero-order valence-electron chi connectivity index (χ0n) is 27.4. The number of imidazole rings is 1. The highest BCUT2D eigenvalue weighted by Gasteiger charge is 2.47. The molecule has 1 saturated heterocycles. The zero-order valence-corrected chi connectivity index (χ0v) is 28.3. The van der Waals surface area contributed by atoms with Gasteiger partial charge in [0.15, 0.2) is 5.82 Å². The predicted molar refractivity (Wildman–Crippen MR) is 185 cm³/mol. The van der Waals surface area contributed by atoms with E-state index in [1.165, 1.54) is 0 Å². The summed E-state index contributed by atoms with van der Waals surface area (Å²) in [4.78, 5) is 25.9.